The monoisotopic (exact) mass is 230 g/mol. The molecule has 0 N–H and O–H groups in total. The Morgan fingerprint density at radius 1 is 0.941 bits per heavy atom. The molecule has 0 saturated heterocycles. The zero-order chi connectivity index (χ0) is 11.8. The fraction of sp³-hybridized carbons (Fsp3) is 0. The molecule has 0 saturated carbocycles. The van der Waals surface area contributed by atoms with Gasteiger partial charge in [0.2, 0.25) is 0 Å². The van der Waals surface area contributed by atoms with Crippen LogP contribution < -0.4 is 0 Å². The highest BCUT2D eigenvalue weighted by Gasteiger charge is 2.10. The molecule has 0 unspecified atom stereocenters. The summed E-state index contributed by atoms with van der Waals surface area (Å²) in [5.74, 6) is -0.786. The Bertz CT molecular complexity index is 689. The van der Waals surface area contributed by atoms with Crippen LogP contribution in [0.5, 0.6) is 0 Å². The van der Waals surface area contributed by atoms with Crippen LogP contribution in [-0.2, 0) is 0 Å². The van der Waals surface area contributed by atoms with Crippen molar-refractivity contribution in [2.24, 2.45) is 0 Å². The topological polar surface area (TPSA) is 17.3 Å². The highest BCUT2D eigenvalue weighted by molar-refractivity contribution is 5.63. The minimum absolute atomic E-state index is 0.200. The molecule has 17 heavy (non-hydrogen) atoms. The largest absolute Gasteiger partial charge is 0.304 e. The van der Waals surface area contributed by atoms with E-state index in [0.29, 0.717) is 11.3 Å². The summed E-state index contributed by atoms with van der Waals surface area (Å²) in [5, 5.41) is 0. The average molecular weight is 230 g/mol. The van der Waals surface area contributed by atoms with Gasteiger partial charge in [-0.1, -0.05) is 12.1 Å². The molecule has 0 spiro atoms. The van der Waals surface area contributed by atoms with Gasteiger partial charge in [-0.2, -0.15) is 0 Å². The Morgan fingerprint density at radius 2 is 1.71 bits per heavy atom. The van der Waals surface area contributed by atoms with E-state index in [0.717, 1.165) is 0 Å². The smallest absolute Gasteiger partial charge is 0.173 e. The van der Waals surface area contributed by atoms with Crippen LogP contribution in [0.25, 0.3) is 16.9 Å². The number of fused-ring (bicyclic) bond motifs is 1. The standard InChI is InChI=1S/C13H8F2N2/c14-10-5-2-1-4-9(10)12-8-17-7-3-6-11(15)13(17)16-12/h1-8H. The number of pyridine rings is 1. The normalized spacial score (nSPS) is 10.9. The minimum atomic E-state index is -0.421. The van der Waals surface area contributed by atoms with Gasteiger partial charge >= 0.3 is 0 Å². The fourth-order valence-corrected chi connectivity index (χ4v) is 1.78. The van der Waals surface area contributed by atoms with E-state index < -0.39 is 5.82 Å². The lowest BCUT2D eigenvalue weighted by molar-refractivity contribution is 0.628. The van der Waals surface area contributed by atoms with Gasteiger partial charge in [-0.05, 0) is 24.3 Å². The lowest BCUT2D eigenvalue weighted by atomic mass is 10.1. The molecule has 2 heterocycles. The van der Waals surface area contributed by atoms with Crippen molar-refractivity contribution < 1.29 is 8.78 Å². The second-order valence-corrected chi connectivity index (χ2v) is 3.69. The van der Waals surface area contributed by atoms with E-state index >= 15 is 0 Å². The maximum Gasteiger partial charge on any atom is 0.173 e. The van der Waals surface area contributed by atoms with Crippen molar-refractivity contribution >= 4 is 5.65 Å². The van der Waals surface area contributed by atoms with E-state index in [1.807, 2.05) is 0 Å². The summed E-state index contributed by atoms with van der Waals surface area (Å²) in [5.41, 5.74) is 0.995. The number of hydrogen-bond donors (Lipinski definition) is 0. The molecule has 3 rings (SSSR count). The van der Waals surface area contributed by atoms with Gasteiger partial charge in [0.25, 0.3) is 0 Å². The molecule has 0 aliphatic heterocycles. The van der Waals surface area contributed by atoms with E-state index in [2.05, 4.69) is 4.98 Å². The van der Waals surface area contributed by atoms with Gasteiger partial charge in [-0.3, -0.25) is 0 Å². The zero-order valence-corrected chi connectivity index (χ0v) is 8.77. The average Bonchev–Trinajstić information content (AvgIpc) is 2.75. The summed E-state index contributed by atoms with van der Waals surface area (Å²) in [4.78, 5) is 4.09. The Kier molecular flexibility index (Phi) is 2.14. The first-order valence-corrected chi connectivity index (χ1v) is 5.14. The van der Waals surface area contributed by atoms with Crippen molar-refractivity contribution in [2.75, 3.05) is 0 Å². The zero-order valence-electron chi connectivity index (χ0n) is 8.77. The number of benzene rings is 1. The van der Waals surface area contributed by atoms with Crippen molar-refractivity contribution in [3.05, 3.63) is 60.4 Å². The molecule has 4 heteroatoms. The summed E-state index contributed by atoms with van der Waals surface area (Å²) in [7, 11) is 0. The first kappa shape index (κ1) is 9.96. The molecule has 2 nitrogen and oxygen atoms in total. The quantitative estimate of drug-likeness (QED) is 0.627. The maximum atomic E-state index is 13.6. The highest BCUT2D eigenvalue weighted by Crippen LogP contribution is 2.22. The fourth-order valence-electron chi connectivity index (χ4n) is 1.78. The molecule has 3 aromatic rings. The Balaban J connectivity index is 2.26. The second kappa shape index (κ2) is 3.66. The van der Waals surface area contributed by atoms with E-state index in [4.69, 9.17) is 0 Å². The van der Waals surface area contributed by atoms with E-state index in [1.165, 1.54) is 16.5 Å². The third-order valence-corrected chi connectivity index (χ3v) is 2.58. The molecule has 0 atom stereocenters. The van der Waals surface area contributed by atoms with Gasteiger partial charge in [0, 0.05) is 18.0 Å². The van der Waals surface area contributed by atoms with Crippen LogP contribution in [0.1, 0.15) is 0 Å². The summed E-state index contributed by atoms with van der Waals surface area (Å²) >= 11 is 0. The Morgan fingerprint density at radius 3 is 2.47 bits per heavy atom. The number of nitrogens with zero attached hydrogens (tertiary/aromatic N) is 2. The predicted octanol–water partition coefficient (Wildman–Crippen LogP) is 3.28. The lowest BCUT2D eigenvalue weighted by Gasteiger charge is -1.96. The van der Waals surface area contributed by atoms with Crippen molar-refractivity contribution in [1.29, 1.82) is 0 Å². The summed E-state index contributed by atoms with van der Waals surface area (Å²) in [6.45, 7) is 0. The summed E-state index contributed by atoms with van der Waals surface area (Å²) in [6, 6.07) is 9.21. The van der Waals surface area contributed by atoms with Crippen molar-refractivity contribution in [2.45, 2.75) is 0 Å². The summed E-state index contributed by atoms with van der Waals surface area (Å²) in [6.07, 6.45) is 3.28. The van der Waals surface area contributed by atoms with Crippen LogP contribution in [0, 0.1) is 11.6 Å². The first-order valence-electron chi connectivity index (χ1n) is 5.14. The van der Waals surface area contributed by atoms with Crippen LogP contribution in [-0.4, -0.2) is 9.38 Å². The van der Waals surface area contributed by atoms with Gasteiger partial charge in [-0.15, -0.1) is 0 Å². The van der Waals surface area contributed by atoms with E-state index in [9.17, 15) is 8.78 Å². The number of rotatable bonds is 1. The lowest BCUT2D eigenvalue weighted by Crippen LogP contribution is -1.85. The third-order valence-electron chi connectivity index (χ3n) is 2.58. The van der Waals surface area contributed by atoms with Crippen LogP contribution >= 0.6 is 0 Å². The molecular formula is C13H8F2N2. The van der Waals surface area contributed by atoms with Crippen molar-refractivity contribution in [1.82, 2.24) is 9.38 Å². The molecule has 84 valence electrons. The van der Waals surface area contributed by atoms with Gasteiger partial charge < -0.3 is 4.40 Å². The first-order chi connectivity index (χ1) is 8.25. The third kappa shape index (κ3) is 1.58. The number of aromatic nitrogens is 2. The van der Waals surface area contributed by atoms with Gasteiger partial charge in [0.15, 0.2) is 11.5 Å². The Labute approximate surface area is 96.2 Å². The molecule has 0 fully saturated rings. The van der Waals surface area contributed by atoms with Gasteiger partial charge in [0.1, 0.15) is 5.82 Å². The van der Waals surface area contributed by atoms with E-state index in [1.54, 1.807) is 36.7 Å². The van der Waals surface area contributed by atoms with Crippen LogP contribution in [0.15, 0.2) is 48.8 Å². The predicted molar refractivity (Wildman–Crippen MR) is 60.5 cm³/mol. The number of halogens is 2. The molecule has 2 aromatic heterocycles. The molecule has 0 radical (unpaired) electrons. The highest BCUT2D eigenvalue weighted by atomic mass is 19.1. The van der Waals surface area contributed by atoms with Gasteiger partial charge in [0.05, 0.1) is 5.69 Å². The molecule has 0 aliphatic rings. The van der Waals surface area contributed by atoms with Crippen LogP contribution in [0.2, 0.25) is 0 Å². The number of imidazole rings is 1. The molecule has 0 amide bonds. The molecule has 1 aromatic carbocycles. The molecular weight excluding hydrogens is 222 g/mol. The minimum Gasteiger partial charge on any atom is -0.304 e. The van der Waals surface area contributed by atoms with Crippen molar-refractivity contribution in [3.63, 3.8) is 0 Å². The SMILES string of the molecule is Fc1ccccc1-c1cn2cccc(F)c2n1. The second-order valence-electron chi connectivity index (χ2n) is 3.69. The van der Waals surface area contributed by atoms with Crippen LogP contribution in [0.3, 0.4) is 0 Å². The van der Waals surface area contributed by atoms with Crippen molar-refractivity contribution in [3.8, 4) is 11.3 Å². The van der Waals surface area contributed by atoms with Crippen LogP contribution in [0.4, 0.5) is 8.78 Å². The van der Waals surface area contributed by atoms with Gasteiger partial charge in [-0.25, -0.2) is 13.8 Å². The maximum absolute atomic E-state index is 13.6. The molecule has 0 bridgehead atoms. The molecule has 0 aliphatic carbocycles. The van der Waals surface area contributed by atoms with E-state index in [-0.39, 0.29) is 11.5 Å². The Hall–Kier alpha value is -2.23. The number of hydrogen-bond acceptors (Lipinski definition) is 1. The summed E-state index contributed by atoms with van der Waals surface area (Å²) < 4.78 is 28.5.